The minimum absolute atomic E-state index is 0.485. The summed E-state index contributed by atoms with van der Waals surface area (Å²) in [4.78, 5) is 1.43. The van der Waals surface area contributed by atoms with Crippen LogP contribution in [0.1, 0.15) is 38.1 Å². The molecule has 0 fully saturated rings. The molecule has 0 aliphatic carbocycles. The van der Waals surface area contributed by atoms with Crippen LogP contribution in [0.5, 0.6) is 0 Å². The average molecular weight is 322 g/mol. The summed E-state index contributed by atoms with van der Waals surface area (Å²) < 4.78 is 1.24. The third kappa shape index (κ3) is 4.40. The molecule has 0 saturated heterocycles. The Morgan fingerprint density at radius 1 is 1.50 bits per heavy atom. The van der Waals surface area contributed by atoms with Gasteiger partial charge in [-0.05, 0) is 40.3 Å². The van der Waals surface area contributed by atoms with Gasteiger partial charge in [0, 0.05) is 20.4 Å². The third-order valence-corrected chi connectivity index (χ3v) is 5.95. The second kappa shape index (κ2) is 7.75. The summed E-state index contributed by atoms with van der Waals surface area (Å²) in [6, 6.07) is 2.62. The number of thioether (sulfide) groups is 1. The average Bonchev–Trinajstić information content (AvgIpc) is 2.70. The molecule has 0 aliphatic rings. The summed E-state index contributed by atoms with van der Waals surface area (Å²) in [6.45, 7) is 7.75. The molecule has 1 aromatic heterocycles. The maximum atomic E-state index is 3.62. The van der Waals surface area contributed by atoms with Crippen molar-refractivity contribution in [2.24, 2.45) is 0 Å². The molecular weight excluding hydrogens is 302 g/mol. The van der Waals surface area contributed by atoms with E-state index in [0.717, 1.165) is 17.5 Å². The molecule has 0 bridgehead atoms. The summed E-state index contributed by atoms with van der Waals surface area (Å²) in [5.74, 6) is 1.15. The van der Waals surface area contributed by atoms with Crippen LogP contribution in [-0.4, -0.2) is 17.5 Å². The van der Waals surface area contributed by atoms with E-state index < -0.39 is 0 Å². The van der Waals surface area contributed by atoms with Gasteiger partial charge < -0.3 is 5.32 Å². The first-order valence-electron chi connectivity index (χ1n) is 5.76. The summed E-state index contributed by atoms with van der Waals surface area (Å²) in [6.07, 6.45) is 1.25. The molecule has 1 nitrogen and oxygen atoms in total. The number of thiophene rings is 1. The second-order valence-corrected chi connectivity index (χ2v) is 7.07. The Hall–Kier alpha value is 0.490. The molecule has 0 aromatic carbocycles. The molecule has 1 aromatic rings. The Balaban J connectivity index is 2.58. The number of nitrogens with one attached hydrogen (secondary N) is 1. The molecule has 1 heterocycles. The molecule has 0 amide bonds. The lowest BCUT2D eigenvalue weighted by Gasteiger charge is -2.18. The summed E-state index contributed by atoms with van der Waals surface area (Å²) in [5.41, 5.74) is 0. The van der Waals surface area contributed by atoms with E-state index in [-0.39, 0.29) is 0 Å². The number of hydrogen-bond acceptors (Lipinski definition) is 3. The normalized spacial score (nSPS) is 15.0. The van der Waals surface area contributed by atoms with Gasteiger partial charge in [-0.3, -0.25) is 0 Å². The van der Waals surface area contributed by atoms with Crippen molar-refractivity contribution in [2.45, 2.75) is 38.5 Å². The van der Waals surface area contributed by atoms with Crippen molar-refractivity contribution in [2.75, 3.05) is 12.3 Å². The zero-order valence-electron chi connectivity index (χ0n) is 10.1. The highest BCUT2D eigenvalue weighted by Crippen LogP contribution is 2.32. The lowest BCUT2D eigenvalue weighted by Crippen LogP contribution is -2.23. The van der Waals surface area contributed by atoms with Crippen molar-refractivity contribution >= 4 is 39.0 Å². The highest BCUT2D eigenvalue weighted by Gasteiger charge is 2.15. The lowest BCUT2D eigenvalue weighted by atomic mass is 10.3. The largest absolute Gasteiger partial charge is 0.309 e. The molecule has 16 heavy (non-hydrogen) atoms. The van der Waals surface area contributed by atoms with Crippen molar-refractivity contribution in [1.29, 1.82) is 0 Å². The van der Waals surface area contributed by atoms with Crippen LogP contribution in [0.3, 0.4) is 0 Å². The van der Waals surface area contributed by atoms with Crippen molar-refractivity contribution in [1.82, 2.24) is 5.32 Å². The van der Waals surface area contributed by atoms with Gasteiger partial charge in [0.15, 0.2) is 0 Å². The Kier molecular flexibility index (Phi) is 7.04. The van der Waals surface area contributed by atoms with E-state index in [2.05, 4.69) is 65.2 Å². The topological polar surface area (TPSA) is 12.0 Å². The molecule has 4 heteroatoms. The quantitative estimate of drug-likeness (QED) is 0.781. The van der Waals surface area contributed by atoms with Crippen molar-refractivity contribution in [3.05, 3.63) is 20.8 Å². The molecule has 2 unspecified atom stereocenters. The molecule has 1 N–H and O–H groups in total. The van der Waals surface area contributed by atoms with Gasteiger partial charge in [0.2, 0.25) is 0 Å². The molecular formula is C12H20BrNS2. The maximum Gasteiger partial charge on any atom is 0.0518 e. The number of halogens is 1. The predicted molar refractivity (Wildman–Crippen MR) is 80.6 cm³/mol. The van der Waals surface area contributed by atoms with E-state index in [9.17, 15) is 0 Å². The Morgan fingerprint density at radius 2 is 2.25 bits per heavy atom. The minimum Gasteiger partial charge on any atom is -0.309 e. The minimum atomic E-state index is 0.485. The van der Waals surface area contributed by atoms with Crippen molar-refractivity contribution < 1.29 is 0 Å². The van der Waals surface area contributed by atoms with Gasteiger partial charge in [-0.1, -0.05) is 20.8 Å². The fourth-order valence-corrected chi connectivity index (χ4v) is 4.28. The zero-order chi connectivity index (χ0) is 12.0. The van der Waals surface area contributed by atoms with Crippen molar-refractivity contribution in [3.63, 3.8) is 0 Å². The molecule has 92 valence electrons. The number of rotatable bonds is 7. The smallest absolute Gasteiger partial charge is 0.0518 e. The van der Waals surface area contributed by atoms with Gasteiger partial charge >= 0.3 is 0 Å². The maximum absolute atomic E-state index is 3.62. The molecule has 0 spiro atoms. The molecule has 1 rings (SSSR count). The van der Waals surface area contributed by atoms with Crippen LogP contribution in [0, 0.1) is 0 Å². The molecule has 0 aliphatic heterocycles. The van der Waals surface area contributed by atoms with Gasteiger partial charge in [0.25, 0.3) is 0 Å². The fourth-order valence-electron chi connectivity index (χ4n) is 1.41. The predicted octanol–water partition coefficient (Wildman–Crippen LogP) is 4.69. The van der Waals surface area contributed by atoms with E-state index in [1.165, 1.54) is 15.8 Å². The van der Waals surface area contributed by atoms with E-state index >= 15 is 0 Å². The Morgan fingerprint density at radius 3 is 2.75 bits per heavy atom. The van der Waals surface area contributed by atoms with E-state index in [1.54, 1.807) is 0 Å². The van der Waals surface area contributed by atoms with Crippen LogP contribution in [0.4, 0.5) is 0 Å². The van der Waals surface area contributed by atoms with E-state index in [0.29, 0.717) is 6.04 Å². The van der Waals surface area contributed by atoms with Crippen LogP contribution >= 0.6 is 39.0 Å². The van der Waals surface area contributed by atoms with Crippen LogP contribution in [0.25, 0.3) is 0 Å². The second-order valence-electron chi connectivity index (χ2n) is 3.80. The molecule has 0 saturated carbocycles. The Labute approximate surface area is 116 Å². The van der Waals surface area contributed by atoms with Crippen LogP contribution in [0.2, 0.25) is 0 Å². The van der Waals surface area contributed by atoms with Gasteiger partial charge in [-0.15, -0.1) is 11.3 Å². The summed E-state index contributed by atoms with van der Waals surface area (Å²) in [7, 11) is 0. The molecule has 0 radical (unpaired) electrons. The SMILES string of the molecule is CCNC(CSC(C)CC)c1sccc1Br. The first-order valence-corrected chi connectivity index (χ1v) is 8.49. The van der Waals surface area contributed by atoms with Gasteiger partial charge in [0.05, 0.1) is 6.04 Å². The zero-order valence-corrected chi connectivity index (χ0v) is 13.3. The van der Waals surface area contributed by atoms with Gasteiger partial charge in [-0.25, -0.2) is 0 Å². The first kappa shape index (κ1) is 14.6. The highest BCUT2D eigenvalue weighted by molar-refractivity contribution is 9.10. The standard InChI is InChI=1S/C12H20BrNS2/c1-4-9(3)16-8-11(14-5-2)12-10(13)6-7-15-12/h6-7,9,11,14H,4-5,8H2,1-3H3. The Bertz CT molecular complexity index is 301. The fraction of sp³-hybridized carbons (Fsp3) is 0.667. The number of hydrogen-bond donors (Lipinski definition) is 1. The van der Waals surface area contributed by atoms with Crippen LogP contribution < -0.4 is 5.32 Å². The summed E-state index contributed by atoms with van der Waals surface area (Å²) >= 11 is 7.51. The monoisotopic (exact) mass is 321 g/mol. The van der Waals surface area contributed by atoms with Crippen LogP contribution in [0.15, 0.2) is 15.9 Å². The summed E-state index contributed by atoms with van der Waals surface area (Å²) in [5, 5.41) is 6.47. The highest BCUT2D eigenvalue weighted by atomic mass is 79.9. The van der Waals surface area contributed by atoms with Crippen LogP contribution in [-0.2, 0) is 0 Å². The van der Waals surface area contributed by atoms with Gasteiger partial charge in [0.1, 0.15) is 0 Å². The van der Waals surface area contributed by atoms with Crippen molar-refractivity contribution in [3.8, 4) is 0 Å². The first-order chi connectivity index (χ1) is 7.69. The van der Waals surface area contributed by atoms with E-state index in [4.69, 9.17) is 0 Å². The molecule has 2 atom stereocenters. The third-order valence-electron chi connectivity index (χ3n) is 2.53. The lowest BCUT2D eigenvalue weighted by molar-refractivity contribution is 0.612. The van der Waals surface area contributed by atoms with E-state index in [1.807, 2.05) is 11.3 Å². The van der Waals surface area contributed by atoms with Gasteiger partial charge in [-0.2, -0.15) is 11.8 Å².